The lowest BCUT2D eigenvalue weighted by molar-refractivity contribution is -0.114. The van der Waals surface area contributed by atoms with Crippen LogP contribution in [0.3, 0.4) is 0 Å². The molecule has 6 heteroatoms. The van der Waals surface area contributed by atoms with Crippen LogP contribution in [0.2, 0.25) is 0 Å². The third-order valence-electron chi connectivity index (χ3n) is 4.52. The molecule has 0 spiro atoms. The number of carbonyl (C=O) groups excluding carboxylic acids is 2. The average molecular weight is 367 g/mol. The van der Waals surface area contributed by atoms with Crippen molar-refractivity contribution < 1.29 is 14.3 Å². The highest BCUT2D eigenvalue weighted by atomic mass is 16.5. The van der Waals surface area contributed by atoms with Crippen molar-refractivity contribution in [3.63, 3.8) is 0 Å². The molecule has 2 aromatic carbocycles. The Hall–Kier alpha value is -3.02. The predicted molar refractivity (Wildman–Crippen MR) is 106 cm³/mol. The van der Waals surface area contributed by atoms with Crippen LogP contribution in [0, 0.1) is 0 Å². The zero-order valence-corrected chi connectivity index (χ0v) is 15.8. The monoisotopic (exact) mass is 367 g/mol. The fraction of sp³-hybridized carbons (Fsp3) is 0.333. The van der Waals surface area contributed by atoms with E-state index in [1.165, 1.54) is 6.92 Å². The lowest BCUT2D eigenvalue weighted by Gasteiger charge is -2.36. The van der Waals surface area contributed by atoms with Gasteiger partial charge in [-0.1, -0.05) is 12.1 Å². The maximum Gasteiger partial charge on any atom is 0.253 e. The topological polar surface area (TPSA) is 61.9 Å². The Bertz CT molecular complexity index is 797. The molecule has 1 heterocycles. The van der Waals surface area contributed by atoms with Gasteiger partial charge in [-0.25, -0.2) is 0 Å². The summed E-state index contributed by atoms with van der Waals surface area (Å²) in [4.78, 5) is 28.0. The molecule has 0 aliphatic carbocycles. The van der Waals surface area contributed by atoms with Crippen molar-refractivity contribution in [3.8, 4) is 5.75 Å². The smallest absolute Gasteiger partial charge is 0.253 e. The van der Waals surface area contributed by atoms with Crippen LogP contribution in [-0.2, 0) is 4.79 Å². The minimum atomic E-state index is -0.127. The number of hydrogen-bond acceptors (Lipinski definition) is 4. The van der Waals surface area contributed by atoms with E-state index in [0.29, 0.717) is 30.9 Å². The number of amides is 2. The second-order valence-corrected chi connectivity index (χ2v) is 6.44. The molecule has 0 atom stereocenters. The van der Waals surface area contributed by atoms with Crippen LogP contribution in [0.15, 0.2) is 48.5 Å². The predicted octanol–water partition coefficient (Wildman–Crippen LogP) is 3.01. The second kappa shape index (κ2) is 8.58. The van der Waals surface area contributed by atoms with Gasteiger partial charge in [0.25, 0.3) is 5.91 Å². The molecule has 2 aromatic rings. The molecule has 0 aromatic heterocycles. The first-order chi connectivity index (χ1) is 13.1. The number of hydrogen-bond donors (Lipinski definition) is 1. The van der Waals surface area contributed by atoms with E-state index in [1.54, 1.807) is 24.3 Å². The van der Waals surface area contributed by atoms with Gasteiger partial charge in [0.2, 0.25) is 5.91 Å². The second-order valence-electron chi connectivity index (χ2n) is 6.44. The first kappa shape index (κ1) is 18.8. The molecule has 1 N–H and O–H groups in total. The maximum absolute atomic E-state index is 12.7. The largest absolute Gasteiger partial charge is 0.492 e. The Morgan fingerprint density at radius 2 is 1.67 bits per heavy atom. The summed E-state index contributed by atoms with van der Waals surface area (Å²) in [5.41, 5.74) is 2.40. The highest BCUT2D eigenvalue weighted by Gasteiger charge is 2.23. The van der Waals surface area contributed by atoms with Crippen molar-refractivity contribution in [1.29, 1.82) is 0 Å². The van der Waals surface area contributed by atoms with Crippen LogP contribution in [0.1, 0.15) is 24.2 Å². The van der Waals surface area contributed by atoms with E-state index in [4.69, 9.17) is 4.74 Å². The van der Waals surface area contributed by atoms with Crippen LogP contribution in [-0.4, -0.2) is 49.5 Å². The van der Waals surface area contributed by atoms with Crippen LogP contribution < -0.4 is 15.0 Å². The van der Waals surface area contributed by atoms with E-state index in [-0.39, 0.29) is 11.8 Å². The van der Waals surface area contributed by atoms with Gasteiger partial charge in [-0.2, -0.15) is 0 Å². The van der Waals surface area contributed by atoms with Gasteiger partial charge >= 0.3 is 0 Å². The van der Waals surface area contributed by atoms with Crippen molar-refractivity contribution in [2.45, 2.75) is 13.8 Å². The lowest BCUT2D eigenvalue weighted by atomic mass is 10.1. The summed E-state index contributed by atoms with van der Waals surface area (Å²) < 4.78 is 5.72. The quantitative estimate of drug-likeness (QED) is 0.882. The van der Waals surface area contributed by atoms with Crippen molar-refractivity contribution in [3.05, 3.63) is 54.1 Å². The van der Waals surface area contributed by atoms with Gasteiger partial charge in [-0.15, -0.1) is 0 Å². The molecule has 1 saturated heterocycles. The van der Waals surface area contributed by atoms with E-state index in [9.17, 15) is 9.59 Å². The number of para-hydroxylation sites is 2. The van der Waals surface area contributed by atoms with Crippen molar-refractivity contribution >= 4 is 23.2 Å². The highest BCUT2D eigenvalue weighted by Crippen LogP contribution is 2.29. The zero-order chi connectivity index (χ0) is 19.2. The van der Waals surface area contributed by atoms with Gasteiger partial charge in [-0.05, 0) is 43.3 Å². The molecule has 0 bridgehead atoms. The van der Waals surface area contributed by atoms with Crippen molar-refractivity contribution in [2.24, 2.45) is 0 Å². The zero-order valence-electron chi connectivity index (χ0n) is 15.8. The highest BCUT2D eigenvalue weighted by molar-refractivity contribution is 5.95. The average Bonchev–Trinajstić information content (AvgIpc) is 2.68. The normalized spacial score (nSPS) is 14.0. The summed E-state index contributed by atoms with van der Waals surface area (Å²) in [7, 11) is 0. The number of nitrogens with one attached hydrogen (secondary N) is 1. The van der Waals surface area contributed by atoms with Gasteiger partial charge < -0.3 is 19.9 Å². The summed E-state index contributed by atoms with van der Waals surface area (Å²) >= 11 is 0. The van der Waals surface area contributed by atoms with E-state index >= 15 is 0 Å². The fourth-order valence-electron chi connectivity index (χ4n) is 3.23. The number of ether oxygens (including phenoxy) is 1. The number of carbonyl (C=O) groups is 2. The Morgan fingerprint density at radius 1 is 1.00 bits per heavy atom. The SMILES string of the molecule is CCOc1ccccc1N1CCN(C(=O)c2ccc(NC(C)=O)cc2)CC1. The van der Waals surface area contributed by atoms with E-state index in [2.05, 4.69) is 16.3 Å². The van der Waals surface area contributed by atoms with Crippen LogP contribution in [0.4, 0.5) is 11.4 Å². The van der Waals surface area contributed by atoms with Crippen molar-refractivity contribution in [1.82, 2.24) is 4.90 Å². The number of anilines is 2. The van der Waals surface area contributed by atoms with E-state index in [1.807, 2.05) is 30.0 Å². The van der Waals surface area contributed by atoms with Crippen LogP contribution >= 0.6 is 0 Å². The lowest BCUT2D eigenvalue weighted by Crippen LogP contribution is -2.48. The summed E-state index contributed by atoms with van der Waals surface area (Å²) in [6.45, 7) is 6.91. The molecular formula is C21H25N3O3. The third-order valence-corrected chi connectivity index (χ3v) is 4.52. The standard InChI is InChI=1S/C21H25N3O3/c1-3-27-20-7-5-4-6-19(20)23-12-14-24(15-13-23)21(26)17-8-10-18(11-9-17)22-16(2)25/h4-11H,3,12-15H2,1-2H3,(H,22,25). The Kier molecular flexibility index (Phi) is 5.96. The molecule has 6 nitrogen and oxygen atoms in total. The molecule has 1 aliphatic heterocycles. The number of benzene rings is 2. The number of rotatable bonds is 5. The molecule has 27 heavy (non-hydrogen) atoms. The summed E-state index contributed by atoms with van der Waals surface area (Å²) in [6.07, 6.45) is 0. The van der Waals surface area contributed by atoms with Gasteiger partial charge in [0.05, 0.1) is 12.3 Å². The summed E-state index contributed by atoms with van der Waals surface area (Å²) in [5.74, 6) is 0.771. The van der Waals surface area contributed by atoms with Gasteiger partial charge in [0.1, 0.15) is 5.75 Å². The first-order valence-corrected chi connectivity index (χ1v) is 9.22. The minimum Gasteiger partial charge on any atom is -0.492 e. The molecule has 1 aliphatic rings. The fourth-order valence-corrected chi connectivity index (χ4v) is 3.23. The minimum absolute atomic E-state index is 0.0159. The Labute approximate surface area is 159 Å². The molecule has 1 fully saturated rings. The Balaban J connectivity index is 1.62. The van der Waals surface area contributed by atoms with Crippen LogP contribution in [0.25, 0.3) is 0 Å². The molecule has 142 valence electrons. The maximum atomic E-state index is 12.7. The summed E-state index contributed by atoms with van der Waals surface area (Å²) in [6, 6.07) is 15.0. The van der Waals surface area contributed by atoms with Gasteiger partial charge in [0.15, 0.2) is 0 Å². The van der Waals surface area contributed by atoms with Crippen molar-refractivity contribution in [2.75, 3.05) is 43.0 Å². The van der Waals surface area contributed by atoms with Gasteiger partial charge in [-0.3, -0.25) is 9.59 Å². The van der Waals surface area contributed by atoms with E-state index < -0.39 is 0 Å². The number of nitrogens with zero attached hydrogens (tertiary/aromatic N) is 2. The molecule has 3 rings (SSSR count). The summed E-state index contributed by atoms with van der Waals surface area (Å²) in [5, 5.41) is 2.71. The Morgan fingerprint density at radius 3 is 2.30 bits per heavy atom. The van der Waals surface area contributed by atoms with Crippen LogP contribution in [0.5, 0.6) is 5.75 Å². The molecule has 2 amide bonds. The first-order valence-electron chi connectivity index (χ1n) is 9.22. The number of piperazine rings is 1. The molecule has 0 saturated carbocycles. The molecular weight excluding hydrogens is 342 g/mol. The molecule has 0 unspecified atom stereocenters. The van der Waals surface area contributed by atoms with Gasteiger partial charge in [0, 0.05) is 44.4 Å². The molecule has 0 radical (unpaired) electrons. The van der Waals surface area contributed by atoms with E-state index in [0.717, 1.165) is 24.5 Å². The third kappa shape index (κ3) is 4.58.